The molecule has 0 saturated carbocycles. The summed E-state index contributed by atoms with van der Waals surface area (Å²) in [7, 11) is 0. The van der Waals surface area contributed by atoms with E-state index in [1.165, 1.54) is 23.9 Å². The van der Waals surface area contributed by atoms with E-state index in [2.05, 4.69) is 16.0 Å². The number of nitrogens with two attached hydrogens (primary N) is 1. The number of benzene rings is 1. The Morgan fingerprint density at radius 3 is 2.03 bits per heavy atom. The van der Waals surface area contributed by atoms with Crippen molar-refractivity contribution in [3.8, 4) is 5.75 Å². The van der Waals surface area contributed by atoms with Gasteiger partial charge < -0.3 is 37.0 Å². The number of carbonyl (C=O) groups excluding carboxylic acids is 3. The molecule has 37 heavy (non-hydrogen) atoms. The number of hydrogen-bond acceptors (Lipinski definition) is 8. The highest BCUT2D eigenvalue weighted by Gasteiger charge is 2.33. The predicted molar refractivity (Wildman–Crippen MR) is 138 cm³/mol. The number of hydrogen-bond donors (Lipinski definition) is 7. The summed E-state index contributed by atoms with van der Waals surface area (Å²) in [5, 5.41) is 35.5. The van der Waals surface area contributed by atoms with Crippen molar-refractivity contribution in [1.29, 1.82) is 0 Å². The molecule has 0 aliphatic carbocycles. The maximum atomic E-state index is 13.2. The zero-order chi connectivity index (χ0) is 28.1. The van der Waals surface area contributed by atoms with Crippen molar-refractivity contribution in [3.05, 3.63) is 29.8 Å². The highest BCUT2D eigenvalue weighted by atomic mass is 32.2. The maximum Gasteiger partial charge on any atom is 0.326 e. The molecule has 13 heteroatoms. The molecule has 3 amide bonds. The molecular weight excluding hydrogens is 504 g/mol. The van der Waals surface area contributed by atoms with Gasteiger partial charge in [-0.2, -0.15) is 11.8 Å². The molecule has 5 unspecified atom stereocenters. The van der Waals surface area contributed by atoms with Gasteiger partial charge in [-0.25, -0.2) is 4.79 Å². The van der Waals surface area contributed by atoms with Crippen LogP contribution in [0, 0.1) is 5.92 Å². The molecule has 0 bridgehead atoms. The molecule has 0 aliphatic heterocycles. The lowest BCUT2D eigenvalue weighted by Crippen LogP contribution is -2.58. The number of carboxylic acid groups (broad SMARTS) is 2. The number of rotatable bonds is 16. The number of phenols is 1. The highest BCUT2D eigenvalue weighted by molar-refractivity contribution is 7.98. The van der Waals surface area contributed by atoms with Crippen LogP contribution in [0.15, 0.2) is 24.3 Å². The normalized spacial score (nSPS) is 14.9. The average molecular weight is 541 g/mol. The van der Waals surface area contributed by atoms with E-state index in [9.17, 15) is 39.3 Å². The molecule has 1 aromatic rings. The van der Waals surface area contributed by atoms with Gasteiger partial charge in [-0.3, -0.25) is 19.2 Å². The fraction of sp³-hybridized carbons (Fsp3) is 0.542. The Kier molecular flexibility index (Phi) is 13.5. The van der Waals surface area contributed by atoms with Crippen LogP contribution in [0.1, 0.15) is 38.7 Å². The van der Waals surface area contributed by atoms with Gasteiger partial charge in [-0.15, -0.1) is 0 Å². The lowest BCUT2D eigenvalue weighted by atomic mass is 9.98. The molecule has 1 aromatic carbocycles. The number of amides is 3. The summed E-state index contributed by atoms with van der Waals surface area (Å²) in [6.07, 6.45) is 1.80. The topological polar surface area (TPSA) is 208 Å². The lowest BCUT2D eigenvalue weighted by Gasteiger charge is -2.26. The Hall–Kier alpha value is -3.32. The second kappa shape index (κ2) is 15.7. The minimum Gasteiger partial charge on any atom is -0.508 e. The smallest absolute Gasteiger partial charge is 0.326 e. The van der Waals surface area contributed by atoms with Crippen LogP contribution in [0.3, 0.4) is 0 Å². The Morgan fingerprint density at radius 2 is 1.51 bits per heavy atom. The van der Waals surface area contributed by atoms with E-state index in [-0.39, 0.29) is 12.2 Å². The molecular formula is C24H36N4O8S. The van der Waals surface area contributed by atoms with E-state index in [0.717, 1.165) is 0 Å². The van der Waals surface area contributed by atoms with Gasteiger partial charge >= 0.3 is 11.9 Å². The van der Waals surface area contributed by atoms with Crippen LogP contribution in [0.25, 0.3) is 0 Å². The van der Waals surface area contributed by atoms with Gasteiger partial charge in [-0.1, -0.05) is 32.4 Å². The summed E-state index contributed by atoms with van der Waals surface area (Å²) in [6.45, 7) is 3.36. The fourth-order valence-corrected chi connectivity index (χ4v) is 3.81. The molecule has 0 spiro atoms. The summed E-state index contributed by atoms with van der Waals surface area (Å²) in [5.74, 6) is -4.95. The van der Waals surface area contributed by atoms with Gasteiger partial charge in [-0.05, 0) is 42.0 Å². The first kappa shape index (κ1) is 31.7. The maximum absolute atomic E-state index is 13.2. The average Bonchev–Trinajstić information content (AvgIpc) is 2.84. The van der Waals surface area contributed by atoms with Crippen LogP contribution in [0.2, 0.25) is 0 Å². The third kappa shape index (κ3) is 11.1. The van der Waals surface area contributed by atoms with Gasteiger partial charge in [0, 0.05) is 6.42 Å². The Balaban J connectivity index is 3.15. The Labute approximate surface area is 219 Å². The van der Waals surface area contributed by atoms with Gasteiger partial charge in [0.1, 0.15) is 23.9 Å². The van der Waals surface area contributed by atoms with E-state index in [1.807, 2.05) is 6.26 Å². The molecule has 5 atom stereocenters. The number of aliphatic carboxylic acids is 2. The van der Waals surface area contributed by atoms with Crippen LogP contribution >= 0.6 is 11.8 Å². The quantitative estimate of drug-likeness (QED) is 0.150. The third-order valence-corrected chi connectivity index (χ3v) is 6.41. The summed E-state index contributed by atoms with van der Waals surface area (Å²) >= 11 is 1.50. The van der Waals surface area contributed by atoms with Crippen molar-refractivity contribution in [2.75, 3.05) is 12.0 Å². The van der Waals surface area contributed by atoms with Crippen molar-refractivity contribution < 1.29 is 39.3 Å². The van der Waals surface area contributed by atoms with Crippen LogP contribution in [-0.4, -0.2) is 81.2 Å². The van der Waals surface area contributed by atoms with Crippen molar-refractivity contribution in [1.82, 2.24) is 16.0 Å². The van der Waals surface area contributed by atoms with E-state index in [4.69, 9.17) is 5.73 Å². The van der Waals surface area contributed by atoms with Crippen LogP contribution in [-0.2, 0) is 30.4 Å². The molecule has 206 valence electrons. The van der Waals surface area contributed by atoms with Crippen molar-refractivity contribution in [3.63, 3.8) is 0 Å². The summed E-state index contributed by atoms with van der Waals surface area (Å²) in [6, 6.07) is 0.878. The molecule has 1 rings (SSSR count). The molecule has 12 nitrogen and oxygen atoms in total. The van der Waals surface area contributed by atoms with Gasteiger partial charge in [0.25, 0.3) is 0 Å². The zero-order valence-corrected chi connectivity index (χ0v) is 21.9. The minimum atomic E-state index is -1.60. The standard InChI is InChI=1S/C24H36N4O8S/c1-4-13(2)20(24(35)36)28-23(34)18(12-19(30)31)27-22(33)17(11-14-5-7-15(29)8-6-14)26-21(32)16(25)9-10-37-3/h5-8,13,16-18,20,29H,4,9-12,25H2,1-3H3,(H,26,32)(H,27,33)(H,28,34)(H,30,31)(H,35,36). The van der Waals surface area contributed by atoms with E-state index >= 15 is 0 Å². The first-order valence-corrected chi connectivity index (χ1v) is 13.2. The van der Waals surface area contributed by atoms with E-state index in [1.54, 1.807) is 26.0 Å². The second-order valence-electron chi connectivity index (χ2n) is 8.69. The Bertz CT molecular complexity index is 943. The number of thioether (sulfide) groups is 1. The number of aromatic hydroxyl groups is 1. The molecule has 0 saturated heterocycles. The van der Waals surface area contributed by atoms with Gasteiger partial charge in [0.2, 0.25) is 17.7 Å². The monoisotopic (exact) mass is 540 g/mol. The molecule has 0 fully saturated rings. The number of nitrogens with one attached hydrogen (secondary N) is 3. The third-order valence-electron chi connectivity index (χ3n) is 5.77. The fourth-order valence-electron chi connectivity index (χ4n) is 3.32. The first-order chi connectivity index (χ1) is 17.4. The summed E-state index contributed by atoms with van der Waals surface area (Å²) < 4.78 is 0. The van der Waals surface area contributed by atoms with E-state index in [0.29, 0.717) is 24.2 Å². The van der Waals surface area contributed by atoms with Crippen LogP contribution in [0.4, 0.5) is 0 Å². The molecule has 8 N–H and O–H groups in total. The van der Waals surface area contributed by atoms with Crippen molar-refractivity contribution in [2.24, 2.45) is 11.7 Å². The van der Waals surface area contributed by atoms with Crippen LogP contribution in [0.5, 0.6) is 5.75 Å². The highest BCUT2D eigenvalue weighted by Crippen LogP contribution is 2.13. The van der Waals surface area contributed by atoms with Gasteiger partial charge in [0.15, 0.2) is 0 Å². The molecule has 0 heterocycles. The van der Waals surface area contributed by atoms with E-state index < -0.39 is 66.2 Å². The zero-order valence-electron chi connectivity index (χ0n) is 21.1. The minimum absolute atomic E-state index is 0.000334. The SMILES string of the molecule is CCC(C)C(NC(=O)C(CC(=O)O)NC(=O)C(Cc1ccc(O)cc1)NC(=O)C(N)CCSC)C(=O)O. The second-order valence-corrected chi connectivity index (χ2v) is 9.67. The predicted octanol–water partition coefficient (Wildman–Crippen LogP) is 0.0749. The number of carboxylic acids is 2. The molecule has 0 aliphatic rings. The summed E-state index contributed by atoms with van der Waals surface area (Å²) in [4.78, 5) is 61.6. The lowest BCUT2D eigenvalue weighted by molar-refractivity contribution is -0.144. The molecule has 0 aromatic heterocycles. The molecule has 0 radical (unpaired) electrons. The van der Waals surface area contributed by atoms with Gasteiger partial charge in [0.05, 0.1) is 12.5 Å². The van der Waals surface area contributed by atoms with Crippen molar-refractivity contribution >= 4 is 41.4 Å². The first-order valence-electron chi connectivity index (χ1n) is 11.8. The van der Waals surface area contributed by atoms with Crippen molar-refractivity contribution in [2.45, 2.75) is 63.7 Å². The Morgan fingerprint density at radius 1 is 0.946 bits per heavy atom. The largest absolute Gasteiger partial charge is 0.508 e. The number of carbonyl (C=O) groups is 5. The number of phenolic OH excluding ortho intramolecular Hbond substituents is 1. The summed E-state index contributed by atoms with van der Waals surface area (Å²) in [5.41, 5.74) is 6.48. The van der Waals surface area contributed by atoms with Crippen LogP contribution < -0.4 is 21.7 Å².